The molecule has 1 rings (SSSR count). The van der Waals surface area contributed by atoms with E-state index in [1.807, 2.05) is 32.6 Å². The van der Waals surface area contributed by atoms with E-state index in [2.05, 4.69) is 25.7 Å². The maximum Gasteiger partial charge on any atom is 0.243 e. The second-order valence-electron chi connectivity index (χ2n) is 5.12. The van der Waals surface area contributed by atoms with Crippen molar-refractivity contribution in [3.05, 3.63) is 0 Å². The highest BCUT2D eigenvalue weighted by Gasteiger charge is 2.25. The van der Waals surface area contributed by atoms with Crippen LogP contribution in [0.25, 0.3) is 0 Å². The van der Waals surface area contributed by atoms with Crippen LogP contribution in [0, 0.1) is 0 Å². The number of aliphatic hydroxyl groups excluding tert-OH is 1. The second kappa shape index (κ2) is 6.67. The molecule has 0 spiro atoms. The Balaban J connectivity index is 3.11. The first-order valence-electron chi connectivity index (χ1n) is 6.77. The highest BCUT2D eigenvalue weighted by atomic mass is 16.3. The molecule has 8 nitrogen and oxygen atoms in total. The first-order chi connectivity index (χ1) is 9.33. The van der Waals surface area contributed by atoms with Crippen molar-refractivity contribution >= 4 is 17.8 Å². The Morgan fingerprint density at radius 3 is 2.20 bits per heavy atom. The van der Waals surface area contributed by atoms with Gasteiger partial charge >= 0.3 is 0 Å². The van der Waals surface area contributed by atoms with Gasteiger partial charge in [0.1, 0.15) is 0 Å². The molecule has 0 bridgehead atoms. The highest BCUT2D eigenvalue weighted by Crippen LogP contribution is 2.18. The van der Waals surface area contributed by atoms with Crippen LogP contribution in [0.15, 0.2) is 0 Å². The summed E-state index contributed by atoms with van der Waals surface area (Å²) in [7, 11) is 0. The number of hydrogen-bond donors (Lipinski definition) is 4. The van der Waals surface area contributed by atoms with Gasteiger partial charge in [0.25, 0.3) is 0 Å². The van der Waals surface area contributed by atoms with E-state index in [0.717, 1.165) is 13.1 Å². The molecule has 114 valence electrons. The Hall–Kier alpha value is -1.67. The minimum atomic E-state index is -0.564. The molecule has 1 unspecified atom stereocenters. The van der Waals surface area contributed by atoms with Crippen LogP contribution in [0.1, 0.15) is 34.6 Å². The van der Waals surface area contributed by atoms with Gasteiger partial charge in [0.2, 0.25) is 17.8 Å². The average Bonchev–Trinajstić information content (AvgIpc) is 2.39. The normalized spacial score (nSPS) is 12.9. The predicted octanol–water partition coefficient (Wildman–Crippen LogP) is 0.575. The monoisotopic (exact) mass is 283 g/mol. The van der Waals surface area contributed by atoms with Crippen molar-refractivity contribution in [2.45, 2.75) is 46.3 Å². The quantitative estimate of drug-likeness (QED) is 0.424. The summed E-state index contributed by atoms with van der Waals surface area (Å²) in [6, 6.07) is 0. The summed E-state index contributed by atoms with van der Waals surface area (Å²) in [4.78, 5) is 14.8. The second-order valence-corrected chi connectivity index (χ2v) is 5.12. The van der Waals surface area contributed by atoms with Gasteiger partial charge in [-0.05, 0) is 34.6 Å². The Kier molecular flexibility index (Phi) is 5.46. The Labute approximate surface area is 119 Å². The van der Waals surface area contributed by atoms with Crippen LogP contribution < -0.4 is 21.5 Å². The molecule has 0 aliphatic rings. The molecule has 0 radical (unpaired) electrons. The number of nitrogen functional groups attached to an aromatic ring is 1. The predicted molar refractivity (Wildman–Crippen MR) is 80.6 cm³/mol. The third-order valence-corrected chi connectivity index (χ3v) is 3.28. The molecule has 0 amide bonds. The van der Waals surface area contributed by atoms with E-state index in [9.17, 15) is 5.11 Å². The van der Waals surface area contributed by atoms with Gasteiger partial charge < -0.3 is 15.3 Å². The standard InChI is InChI=1S/C12H25N7O/c1-6-19(7-2)11-15-9(14-10(16-11)18-13)17-12(4,5)8(3)20/h8,20H,6-7,13H2,1-5H3,(H2,14,15,16,17,18). The van der Waals surface area contributed by atoms with E-state index in [1.54, 1.807) is 6.92 Å². The Morgan fingerprint density at radius 1 is 1.20 bits per heavy atom. The molecule has 0 aliphatic heterocycles. The molecular weight excluding hydrogens is 258 g/mol. The number of anilines is 3. The first-order valence-corrected chi connectivity index (χ1v) is 6.77. The molecule has 0 fully saturated rings. The Bertz CT molecular complexity index is 432. The molecule has 0 aliphatic carbocycles. The van der Waals surface area contributed by atoms with Crippen LogP contribution in [0.4, 0.5) is 17.8 Å². The van der Waals surface area contributed by atoms with Gasteiger partial charge in [-0.25, -0.2) is 5.84 Å². The number of rotatable bonds is 7. The fraction of sp³-hybridized carbons (Fsp3) is 0.750. The molecule has 1 heterocycles. The largest absolute Gasteiger partial charge is 0.391 e. The van der Waals surface area contributed by atoms with Crippen molar-refractivity contribution in [1.29, 1.82) is 0 Å². The van der Waals surface area contributed by atoms with Crippen LogP contribution in [-0.2, 0) is 0 Å². The summed E-state index contributed by atoms with van der Waals surface area (Å²) in [6.07, 6.45) is -0.564. The lowest BCUT2D eigenvalue weighted by atomic mass is 9.99. The lowest BCUT2D eigenvalue weighted by Gasteiger charge is -2.29. The molecule has 20 heavy (non-hydrogen) atoms. The van der Waals surface area contributed by atoms with Gasteiger partial charge in [-0.2, -0.15) is 15.0 Å². The zero-order chi connectivity index (χ0) is 15.3. The zero-order valence-electron chi connectivity index (χ0n) is 12.8. The van der Waals surface area contributed by atoms with E-state index >= 15 is 0 Å². The summed E-state index contributed by atoms with van der Waals surface area (Å²) >= 11 is 0. The molecule has 0 saturated heterocycles. The minimum Gasteiger partial charge on any atom is -0.391 e. The molecular formula is C12H25N7O. The smallest absolute Gasteiger partial charge is 0.243 e. The number of nitrogens with one attached hydrogen (secondary N) is 2. The Morgan fingerprint density at radius 2 is 1.75 bits per heavy atom. The van der Waals surface area contributed by atoms with Gasteiger partial charge in [-0.1, -0.05) is 0 Å². The van der Waals surface area contributed by atoms with Gasteiger partial charge in [0.05, 0.1) is 11.6 Å². The fourth-order valence-electron chi connectivity index (χ4n) is 1.53. The van der Waals surface area contributed by atoms with Crippen molar-refractivity contribution in [3.8, 4) is 0 Å². The van der Waals surface area contributed by atoms with Crippen molar-refractivity contribution in [1.82, 2.24) is 15.0 Å². The fourth-order valence-corrected chi connectivity index (χ4v) is 1.53. The van der Waals surface area contributed by atoms with Gasteiger partial charge in [-0.3, -0.25) is 5.43 Å². The van der Waals surface area contributed by atoms with E-state index in [4.69, 9.17) is 5.84 Å². The van der Waals surface area contributed by atoms with Crippen molar-refractivity contribution in [3.63, 3.8) is 0 Å². The number of aromatic nitrogens is 3. The lowest BCUT2D eigenvalue weighted by molar-refractivity contribution is 0.132. The number of hydrazine groups is 1. The van der Waals surface area contributed by atoms with Gasteiger partial charge in [0, 0.05) is 13.1 Å². The molecule has 0 saturated carbocycles. The van der Waals surface area contributed by atoms with Crippen LogP contribution >= 0.6 is 0 Å². The number of nitrogens with zero attached hydrogens (tertiary/aromatic N) is 4. The van der Waals surface area contributed by atoms with E-state index in [-0.39, 0.29) is 5.95 Å². The topological polar surface area (TPSA) is 112 Å². The van der Waals surface area contributed by atoms with Crippen molar-refractivity contribution < 1.29 is 5.11 Å². The lowest BCUT2D eigenvalue weighted by Crippen LogP contribution is -2.42. The molecule has 8 heteroatoms. The number of aliphatic hydroxyl groups is 1. The van der Waals surface area contributed by atoms with Crippen LogP contribution in [-0.4, -0.2) is 44.8 Å². The average molecular weight is 283 g/mol. The van der Waals surface area contributed by atoms with E-state index in [1.165, 1.54) is 0 Å². The number of nitrogens with two attached hydrogens (primary N) is 1. The highest BCUT2D eigenvalue weighted by molar-refractivity contribution is 5.44. The molecule has 1 atom stereocenters. The third kappa shape index (κ3) is 3.91. The summed E-state index contributed by atoms with van der Waals surface area (Å²) < 4.78 is 0. The van der Waals surface area contributed by atoms with Crippen LogP contribution in [0.3, 0.4) is 0 Å². The molecule has 1 aromatic rings. The molecule has 1 aromatic heterocycles. The first kappa shape index (κ1) is 16.4. The van der Waals surface area contributed by atoms with Gasteiger partial charge in [0.15, 0.2) is 0 Å². The van der Waals surface area contributed by atoms with Crippen molar-refractivity contribution in [2.24, 2.45) is 5.84 Å². The van der Waals surface area contributed by atoms with Crippen LogP contribution in [0.5, 0.6) is 0 Å². The molecule has 0 aromatic carbocycles. The zero-order valence-corrected chi connectivity index (χ0v) is 12.8. The number of hydrogen-bond acceptors (Lipinski definition) is 8. The molecule has 5 N–H and O–H groups in total. The maximum absolute atomic E-state index is 9.75. The van der Waals surface area contributed by atoms with E-state index in [0.29, 0.717) is 11.9 Å². The maximum atomic E-state index is 9.75. The third-order valence-electron chi connectivity index (χ3n) is 3.28. The summed E-state index contributed by atoms with van der Waals surface area (Å²) in [5.74, 6) is 6.60. The SMILES string of the molecule is CCN(CC)c1nc(NN)nc(NC(C)(C)C(C)O)n1. The van der Waals surface area contributed by atoms with Gasteiger partial charge in [-0.15, -0.1) is 0 Å². The summed E-state index contributed by atoms with van der Waals surface area (Å²) in [6.45, 7) is 11.1. The van der Waals surface area contributed by atoms with Crippen molar-refractivity contribution in [2.75, 3.05) is 28.7 Å². The minimum absolute atomic E-state index is 0.283. The van der Waals surface area contributed by atoms with Crippen LogP contribution in [0.2, 0.25) is 0 Å². The summed E-state index contributed by atoms with van der Waals surface area (Å²) in [5.41, 5.74) is 1.87. The van der Waals surface area contributed by atoms with E-state index < -0.39 is 11.6 Å². The summed E-state index contributed by atoms with van der Waals surface area (Å²) in [5, 5.41) is 12.9.